The zero-order valence-electron chi connectivity index (χ0n) is 8.71. The van der Waals surface area contributed by atoms with Gasteiger partial charge in [-0.3, -0.25) is 0 Å². The van der Waals surface area contributed by atoms with E-state index < -0.39 is 5.82 Å². The van der Waals surface area contributed by atoms with E-state index in [1.54, 1.807) is 12.1 Å². The summed E-state index contributed by atoms with van der Waals surface area (Å²) in [6.45, 7) is 0.133. The minimum atomic E-state index is -0.419. The summed E-state index contributed by atoms with van der Waals surface area (Å²) in [6.07, 6.45) is 0.0482. The second-order valence-corrected chi connectivity index (χ2v) is 2.99. The van der Waals surface area contributed by atoms with Crippen molar-refractivity contribution in [2.24, 2.45) is 0 Å². The molecule has 0 unspecified atom stereocenters. The van der Waals surface area contributed by atoms with E-state index in [2.05, 4.69) is 0 Å². The Morgan fingerprint density at radius 3 is 2.67 bits per heavy atom. The van der Waals surface area contributed by atoms with Gasteiger partial charge in [0.2, 0.25) is 0 Å². The molecule has 0 saturated heterocycles. The van der Waals surface area contributed by atoms with Crippen LogP contribution in [0.15, 0.2) is 12.1 Å². The number of rotatable bonds is 4. The summed E-state index contributed by atoms with van der Waals surface area (Å²) in [5, 5.41) is 8.51. The Hall–Kier alpha value is -1.60. The van der Waals surface area contributed by atoms with Crippen molar-refractivity contribution in [1.82, 2.24) is 0 Å². The van der Waals surface area contributed by atoms with Crippen LogP contribution >= 0.6 is 0 Å². The normalized spacial score (nSPS) is 9.73. The summed E-state index contributed by atoms with van der Waals surface area (Å²) in [5.74, 6) is 0.0220. The van der Waals surface area contributed by atoms with Crippen molar-refractivity contribution in [3.05, 3.63) is 29.1 Å². The standard InChI is InChI=1S/C11H12FNO2/c1-14-7-9-10(15-2)4-3-8(5-6-13)11(9)12/h3-4H,5,7H2,1-2H3. The number of methoxy groups -OCH3 is 2. The molecule has 0 aliphatic rings. The van der Waals surface area contributed by atoms with E-state index in [0.29, 0.717) is 16.9 Å². The Bertz CT molecular complexity index is 385. The summed E-state index contributed by atoms with van der Waals surface area (Å²) in [6, 6.07) is 5.11. The van der Waals surface area contributed by atoms with Crippen molar-refractivity contribution < 1.29 is 13.9 Å². The Balaban J connectivity index is 3.17. The lowest BCUT2D eigenvalue weighted by atomic mass is 10.1. The van der Waals surface area contributed by atoms with Gasteiger partial charge in [0, 0.05) is 12.7 Å². The second kappa shape index (κ2) is 5.32. The van der Waals surface area contributed by atoms with Gasteiger partial charge in [-0.1, -0.05) is 6.07 Å². The number of ether oxygens (including phenoxy) is 2. The van der Waals surface area contributed by atoms with Crippen LogP contribution in [-0.2, 0) is 17.8 Å². The Morgan fingerprint density at radius 1 is 1.40 bits per heavy atom. The summed E-state index contributed by atoms with van der Waals surface area (Å²) < 4.78 is 23.7. The summed E-state index contributed by atoms with van der Waals surface area (Å²) in [4.78, 5) is 0. The van der Waals surface area contributed by atoms with E-state index in [1.807, 2.05) is 6.07 Å². The Kier molecular flexibility index (Phi) is 4.07. The average molecular weight is 209 g/mol. The van der Waals surface area contributed by atoms with Crippen LogP contribution in [0.4, 0.5) is 4.39 Å². The number of halogens is 1. The largest absolute Gasteiger partial charge is 0.496 e. The quantitative estimate of drug-likeness (QED) is 0.762. The number of hydrogen-bond donors (Lipinski definition) is 0. The molecule has 1 rings (SSSR count). The molecule has 0 heterocycles. The summed E-state index contributed by atoms with van der Waals surface area (Å²) in [7, 11) is 2.95. The van der Waals surface area contributed by atoms with Crippen LogP contribution in [0.1, 0.15) is 11.1 Å². The van der Waals surface area contributed by atoms with Crippen LogP contribution < -0.4 is 4.74 Å². The van der Waals surface area contributed by atoms with Gasteiger partial charge >= 0.3 is 0 Å². The molecule has 0 N–H and O–H groups in total. The van der Waals surface area contributed by atoms with Gasteiger partial charge in [0.25, 0.3) is 0 Å². The van der Waals surface area contributed by atoms with Crippen molar-refractivity contribution in [3.63, 3.8) is 0 Å². The fourth-order valence-corrected chi connectivity index (χ4v) is 1.34. The third-order valence-corrected chi connectivity index (χ3v) is 2.06. The van der Waals surface area contributed by atoms with Crippen molar-refractivity contribution in [2.75, 3.05) is 14.2 Å². The number of nitriles is 1. The van der Waals surface area contributed by atoms with Gasteiger partial charge in [0.15, 0.2) is 0 Å². The average Bonchev–Trinajstić information content (AvgIpc) is 2.25. The molecular formula is C11H12FNO2. The molecule has 0 atom stereocenters. The highest BCUT2D eigenvalue weighted by atomic mass is 19.1. The molecule has 1 aromatic rings. The highest BCUT2D eigenvalue weighted by Gasteiger charge is 2.13. The second-order valence-electron chi connectivity index (χ2n) is 2.99. The number of benzene rings is 1. The Labute approximate surface area is 88.0 Å². The van der Waals surface area contributed by atoms with E-state index in [9.17, 15) is 4.39 Å². The first-order chi connectivity index (χ1) is 7.24. The van der Waals surface area contributed by atoms with Gasteiger partial charge in [-0.2, -0.15) is 5.26 Å². The van der Waals surface area contributed by atoms with Crippen LogP contribution in [0.5, 0.6) is 5.75 Å². The molecule has 0 amide bonds. The van der Waals surface area contributed by atoms with Crippen LogP contribution in [0, 0.1) is 17.1 Å². The SMILES string of the molecule is COCc1c(OC)ccc(CC#N)c1F. The summed E-state index contributed by atoms with van der Waals surface area (Å²) >= 11 is 0. The summed E-state index contributed by atoms with van der Waals surface area (Å²) in [5.41, 5.74) is 0.720. The smallest absolute Gasteiger partial charge is 0.136 e. The molecule has 80 valence electrons. The molecule has 0 aliphatic heterocycles. The maximum atomic E-state index is 13.8. The van der Waals surface area contributed by atoms with Crippen LogP contribution in [0.2, 0.25) is 0 Å². The van der Waals surface area contributed by atoms with Crippen molar-refractivity contribution in [1.29, 1.82) is 5.26 Å². The first-order valence-corrected chi connectivity index (χ1v) is 4.44. The lowest BCUT2D eigenvalue weighted by Gasteiger charge is -2.10. The molecule has 0 radical (unpaired) electrons. The maximum absolute atomic E-state index is 13.8. The van der Waals surface area contributed by atoms with Gasteiger partial charge < -0.3 is 9.47 Å². The lowest BCUT2D eigenvalue weighted by Crippen LogP contribution is -2.01. The highest BCUT2D eigenvalue weighted by Crippen LogP contribution is 2.25. The highest BCUT2D eigenvalue weighted by molar-refractivity contribution is 5.39. The molecule has 0 aliphatic carbocycles. The molecule has 0 fully saturated rings. The first-order valence-electron chi connectivity index (χ1n) is 4.44. The van der Waals surface area contributed by atoms with E-state index in [4.69, 9.17) is 14.7 Å². The van der Waals surface area contributed by atoms with E-state index in [0.717, 1.165) is 0 Å². The fraction of sp³-hybridized carbons (Fsp3) is 0.364. The molecule has 3 nitrogen and oxygen atoms in total. The third kappa shape index (κ3) is 2.45. The van der Waals surface area contributed by atoms with Crippen molar-refractivity contribution >= 4 is 0 Å². The molecule has 1 aromatic carbocycles. The Morgan fingerprint density at radius 2 is 2.13 bits per heavy atom. The zero-order valence-corrected chi connectivity index (χ0v) is 8.71. The van der Waals surface area contributed by atoms with E-state index >= 15 is 0 Å². The fourth-order valence-electron chi connectivity index (χ4n) is 1.34. The first kappa shape index (κ1) is 11.5. The minimum Gasteiger partial charge on any atom is -0.496 e. The minimum absolute atomic E-state index is 0.0482. The zero-order chi connectivity index (χ0) is 11.3. The predicted molar refractivity (Wildman–Crippen MR) is 53.0 cm³/mol. The van der Waals surface area contributed by atoms with Gasteiger partial charge in [-0.15, -0.1) is 0 Å². The van der Waals surface area contributed by atoms with Gasteiger partial charge in [0.05, 0.1) is 31.8 Å². The van der Waals surface area contributed by atoms with Crippen LogP contribution in [0.25, 0.3) is 0 Å². The van der Waals surface area contributed by atoms with Crippen LogP contribution in [-0.4, -0.2) is 14.2 Å². The third-order valence-electron chi connectivity index (χ3n) is 2.06. The van der Waals surface area contributed by atoms with Crippen molar-refractivity contribution in [2.45, 2.75) is 13.0 Å². The van der Waals surface area contributed by atoms with Gasteiger partial charge in [-0.25, -0.2) is 4.39 Å². The van der Waals surface area contributed by atoms with Crippen LogP contribution in [0.3, 0.4) is 0 Å². The van der Waals surface area contributed by atoms with E-state index in [1.165, 1.54) is 14.2 Å². The number of hydrogen-bond acceptors (Lipinski definition) is 3. The van der Waals surface area contributed by atoms with E-state index in [-0.39, 0.29) is 13.0 Å². The van der Waals surface area contributed by atoms with Crippen molar-refractivity contribution in [3.8, 4) is 11.8 Å². The van der Waals surface area contributed by atoms with Gasteiger partial charge in [0.1, 0.15) is 11.6 Å². The molecule has 4 heteroatoms. The molecule has 0 saturated carbocycles. The lowest BCUT2D eigenvalue weighted by molar-refractivity contribution is 0.177. The number of nitrogens with zero attached hydrogens (tertiary/aromatic N) is 1. The topological polar surface area (TPSA) is 42.2 Å². The maximum Gasteiger partial charge on any atom is 0.136 e. The molecular weight excluding hydrogens is 197 g/mol. The molecule has 0 spiro atoms. The molecule has 0 bridgehead atoms. The molecule has 15 heavy (non-hydrogen) atoms. The monoisotopic (exact) mass is 209 g/mol. The predicted octanol–water partition coefficient (Wildman–Crippen LogP) is 2.05. The van der Waals surface area contributed by atoms with Gasteiger partial charge in [-0.05, 0) is 6.07 Å². The molecule has 0 aromatic heterocycles.